The standard InChI is InChI=1S/C10H14N2O2/c1-11-4-3-7-5-9(13)12(2)10(14)8(7)6-11/h3-6H2,1-2H3. The number of hydrogen-bond acceptors (Lipinski definition) is 3. The monoisotopic (exact) mass is 194 g/mol. The fourth-order valence-corrected chi connectivity index (χ4v) is 1.97. The van der Waals surface area contributed by atoms with Crippen molar-refractivity contribution in [3.8, 4) is 0 Å². The van der Waals surface area contributed by atoms with E-state index in [0.29, 0.717) is 13.0 Å². The summed E-state index contributed by atoms with van der Waals surface area (Å²) < 4.78 is 0. The zero-order chi connectivity index (χ0) is 10.3. The van der Waals surface area contributed by atoms with Crippen LogP contribution in [0.4, 0.5) is 0 Å². The Hall–Kier alpha value is -1.16. The molecule has 0 radical (unpaired) electrons. The van der Waals surface area contributed by atoms with Crippen LogP contribution in [0.2, 0.25) is 0 Å². The molecule has 14 heavy (non-hydrogen) atoms. The van der Waals surface area contributed by atoms with Gasteiger partial charge in [-0.1, -0.05) is 0 Å². The van der Waals surface area contributed by atoms with Gasteiger partial charge in [0.05, 0.1) is 0 Å². The first-order chi connectivity index (χ1) is 6.59. The molecule has 0 aromatic rings. The van der Waals surface area contributed by atoms with Crippen LogP contribution < -0.4 is 0 Å². The number of imide groups is 1. The molecule has 4 heteroatoms. The number of rotatable bonds is 0. The molecule has 0 atom stereocenters. The number of hydrogen-bond donors (Lipinski definition) is 0. The van der Waals surface area contributed by atoms with Gasteiger partial charge in [0.1, 0.15) is 0 Å². The fraction of sp³-hybridized carbons (Fsp3) is 0.600. The van der Waals surface area contributed by atoms with Crippen LogP contribution in [0.25, 0.3) is 0 Å². The number of likely N-dealkylation sites (N-methyl/N-ethyl adjacent to an activating group) is 2. The number of amides is 2. The lowest BCUT2D eigenvalue weighted by atomic mass is 9.93. The predicted molar refractivity (Wildman–Crippen MR) is 51.5 cm³/mol. The van der Waals surface area contributed by atoms with Crippen molar-refractivity contribution in [3.63, 3.8) is 0 Å². The van der Waals surface area contributed by atoms with Gasteiger partial charge < -0.3 is 4.90 Å². The summed E-state index contributed by atoms with van der Waals surface area (Å²) in [6, 6.07) is 0. The first-order valence-electron chi connectivity index (χ1n) is 4.80. The van der Waals surface area contributed by atoms with Crippen molar-refractivity contribution in [2.75, 3.05) is 27.2 Å². The first kappa shape index (κ1) is 9.40. The average molecular weight is 194 g/mol. The number of carbonyl (C=O) groups is 2. The van der Waals surface area contributed by atoms with Gasteiger partial charge in [-0.25, -0.2) is 0 Å². The highest BCUT2D eigenvalue weighted by molar-refractivity contribution is 6.08. The summed E-state index contributed by atoms with van der Waals surface area (Å²) in [5.74, 6) is -0.180. The van der Waals surface area contributed by atoms with Crippen LogP contribution in [0.3, 0.4) is 0 Å². The van der Waals surface area contributed by atoms with Crippen molar-refractivity contribution >= 4 is 11.8 Å². The maximum atomic E-state index is 11.7. The van der Waals surface area contributed by atoms with Crippen molar-refractivity contribution in [3.05, 3.63) is 11.1 Å². The molecule has 0 unspecified atom stereocenters. The maximum Gasteiger partial charge on any atom is 0.257 e. The van der Waals surface area contributed by atoms with Crippen molar-refractivity contribution in [2.45, 2.75) is 12.8 Å². The largest absolute Gasteiger partial charge is 0.302 e. The third-order valence-corrected chi connectivity index (χ3v) is 2.95. The van der Waals surface area contributed by atoms with Gasteiger partial charge in [-0.15, -0.1) is 0 Å². The molecular weight excluding hydrogens is 180 g/mol. The summed E-state index contributed by atoms with van der Waals surface area (Å²) in [5, 5.41) is 0. The number of nitrogens with zero attached hydrogens (tertiary/aromatic N) is 2. The van der Waals surface area contributed by atoms with E-state index < -0.39 is 0 Å². The van der Waals surface area contributed by atoms with E-state index in [2.05, 4.69) is 4.90 Å². The van der Waals surface area contributed by atoms with Crippen LogP contribution in [0.15, 0.2) is 11.1 Å². The van der Waals surface area contributed by atoms with Gasteiger partial charge in [-0.05, 0) is 19.0 Å². The summed E-state index contributed by atoms with van der Waals surface area (Å²) in [6.45, 7) is 1.63. The van der Waals surface area contributed by atoms with E-state index in [1.165, 1.54) is 4.90 Å². The van der Waals surface area contributed by atoms with Gasteiger partial charge in [-0.3, -0.25) is 14.5 Å². The number of carbonyl (C=O) groups excluding carboxylic acids is 2. The Morgan fingerprint density at radius 1 is 1.21 bits per heavy atom. The fourth-order valence-electron chi connectivity index (χ4n) is 1.97. The molecule has 0 bridgehead atoms. The average Bonchev–Trinajstić information content (AvgIpc) is 2.16. The Morgan fingerprint density at radius 2 is 1.93 bits per heavy atom. The molecule has 2 heterocycles. The molecule has 0 saturated heterocycles. The maximum absolute atomic E-state index is 11.7. The van der Waals surface area contributed by atoms with E-state index in [0.717, 1.165) is 24.1 Å². The Bertz CT molecular complexity index is 333. The molecule has 2 amide bonds. The molecule has 4 nitrogen and oxygen atoms in total. The summed E-state index contributed by atoms with van der Waals surface area (Å²) in [6.07, 6.45) is 1.29. The van der Waals surface area contributed by atoms with Crippen molar-refractivity contribution in [1.29, 1.82) is 0 Å². The molecule has 2 rings (SSSR count). The van der Waals surface area contributed by atoms with E-state index in [1.807, 2.05) is 7.05 Å². The second kappa shape index (κ2) is 3.20. The summed E-state index contributed by atoms with van der Waals surface area (Å²) in [5.41, 5.74) is 1.89. The molecule has 76 valence electrons. The first-order valence-corrected chi connectivity index (χ1v) is 4.80. The summed E-state index contributed by atoms with van der Waals surface area (Å²) in [7, 11) is 3.55. The zero-order valence-electron chi connectivity index (χ0n) is 8.54. The van der Waals surface area contributed by atoms with Gasteiger partial charge in [0, 0.05) is 32.1 Å². The van der Waals surface area contributed by atoms with Gasteiger partial charge >= 0.3 is 0 Å². The van der Waals surface area contributed by atoms with Crippen LogP contribution in [-0.4, -0.2) is 48.8 Å². The SMILES string of the molecule is CN1CCC2=C(C1)C(=O)N(C)C(=O)C2. The third-order valence-electron chi connectivity index (χ3n) is 2.95. The lowest BCUT2D eigenvalue weighted by molar-refractivity contribution is -0.141. The normalized spacial score (nSPS) is 24.3. The van der Waals surface area contributed by atoms with E-state index in [-0.39, 0.29) is 11.8 Å². The molecule has 0 spiro atoms. The smallest absolute Gasteiger partial charge is 0.257 e. The zero-order valence-corrected chi connectivity index (χ0v) is 8.54. The molecule has 0 fully saturated rings. The Morgan fingerprint density at radius 3 is 2.64 bits per heavy atom. The van der Waals surface area contributed by atoms with Crippen LogP contribution in [0, 0.1) is 0 Å². The molecule has 0 N–H and O–H groups in total. The Labute approximate surface area is 83.2 Å². The van der Waals surface area contributed by atoms with Gasteiger partial charge in [0.25, 0.3) is 5.91 Å². The summed E-state index contributed by atoms with van der Waals surface area (Å²) in [4.78, 5) is 26.5. The molecule has 0 aromatic carbocycles. The molecule has 0 aromatic heterocycles. The second-order valence-electron chi connectivity index (χ2n) is 4.00. The molecular formula is C10H14N2O2. The van der Waals surface area contributed by atoms with Crippen molar-refractivity contribution in [2.24, 2.45) is 0 Å². The van der Waals surface area contributed by atoms with Crippen LogP contribution in [0.1, 0.15) is 12.8 Å². The molecule has 2 aliphatic heterocycles. The van der Waals surface area contributed by atoms with Gasteiger partial charge in [0.2, 0.25) is 5.91 Å². The van der Waals surface area contributed by atoms with Crippen LogP contribution in [0.5, 0.6) is 0 Å². The molecule has 0 saturated carbocycles. The van der Waals surface area contributed by atoms with E-state index in [1.54, 1.807) is 7.05 Å². The minimum absolute atomic E-state index is 0.0710. The summed E-state index contributed by atoms with van der Waals surface area (Å²) >= 11 is 0. The lowest BCUT2D eigenvalue weighted by Gasteiger charge is -2.32. The van der Waals surface area contributed by atoms with Crippen molar-refractivity contribution in [1.82, 2.24) is 9.80 Å². The second-order valence-corrected chi connectivity index (χ2v) is 4.00. The van der Waals surface area contributed by atoms with E-state index in [9.17, 15) is 9.59 Å². The van der Waals surface area contributed by atoms with Crippen LogP contribution >= 0.6 is 0 Å². The van der Waals surface area contributed by atoms with E-state index >= 15 is 0 Å². The predicted octanol–water partition coefficient (Wildman–Crippen LogP) is 0.00720. The molecule has 2 aliphatic rings. The van der Waals surface area contributed by atoms with Crippen LogP contribution in [-0.2, 0) is 9.59 Å². The minimum atomic E-state index is -0.109. The van der Waals surface area contributed by atoms with Gasteiger partial charge in [-0.2, -0.15) is 0 Å². The highest BCUT2D eigenvalue weighted by Crippen LogP contribution is 2.26. The molecule has 0 aliphatic carbocycles. The van der Waals surface area contributed by atoms with Gasteiger partial charge in [0.15, 0.2) is 0 Å². The highest BCUT2D eigenvalue weighted by atomic mass is 16.2. The third kappa shape index (κ3) is 1.35. The Balaban J connectivity index is 2.34. The van der Waals surface area contributed by atoms with Crippen molar-refractivity contribution < 1.29 is 9.59 Å². The quantitative estimate of drug-likeness (QED) is 0.510. The Kier molecular flexibility index (Phi) is 2.15. The van der Waals surface area contributed by atoms with E-state index in [4.69, 9.17) is 0 Å². The lowest BCUT2D eigenvalue weighted by Crippen LogP contribution is -2.44. The topological polar surface area (TPSA) is 40.6 Å². The minimum Gasteiger partial charge on any atom is -0.302 e. The highest BCUT2D eigenvalue weighted by Gasteiger charge is 2.32.